The minimum Gasteiger partial charge on any atom is -0.385 e. The van der Waals surface area contributed by atoms with Gasteiger partial charge in [-0.05, 0) is 25.3 Å². The minimum absolute atomic E-state index is 0.0325. The Bertz CT molecular complexity index is 264. The molecule has 1 N–H and O–H groups in total. The number of ether oxygens (including phenoxy) is 1. The van der Waals surface area contributed by atoms with Crippen LogP contribution in [0, 0.1) is 5.92 Å². The molecule has 0 aromatic heterocycles. The fourth-order valence-electron chi connectivity index (χ4n) is 1.59. The van der Waals surface area contributed by atoms with Crippen LogP contribution in [0.1, 0.15) is 26.7 Å². The van der Waals surface area contributed by atoms with Gasteiger partial charge in [0.25, 0.3) is 0 Å². The van der Waals surface area contributed by atoms with Crippen molar-refractivity contribution in [2.45, 2.75) is 32.7 Å². The van der Waals surface area contributed by atoms with Crippen molar-refractivity contribution in [1.29, 1.82) is 0 Å². The van der Waals surface area contributed by atoms with E-state index in [1.165, 1.54) is 6.26 Å². The lowest BCUT2D eigenvalue weighted by Gasteiger charge is -2.24. The van der Waals surface area contributed by atoms with E-state index < -0.39 is 9.84 Å². The summed E-state index contributed by atoms with van der Waals surface area (Å²) in [6.45, 7) is 5.68. The van der Waals surface area contributed by atoms with Gasteiger partial charge in [-0.3, -0.25) is 0 Å². The van der Waals surface area contributed by atoms with Crippen molar-refractivity contribution >= 4 is 9.84 Å². The molecular formula is C11H25NO3S. The van der Waals surface area contributed by atoms with Crippen LogP contribution in [-0.4, -0.2) is 46.7 Å². The quantitative estimate of drug-likeness (QED) is 0.666. The van der Waals surface area contributed by atoms with Gasteiger partial charge in [-0.1, -0.05) is 13.8 Å². The maximum Gasteiger partial charge on any atom is 0.148 e. The third-order valence-corrected chi connectivity index (χ3v) is 3.57. The molecule has 2 unspecified atom stereocenters. The van der Waals surface area contributed by atoms with Gasteiger partial charge in [0.15, 0.2) is 0 Å². The monoisotopic (exact) mass is 251 g/mol. The number of methoxy groups -OCH3 is 1. The summed E-state index contributed by atoms with van der Waals surface area (Å²) in [6, 6.07) is 0.0325. The molecule has 98 valence electrons. The van der Waals surface area contributed by atoms with E-state index in [-0.39, 0.29) is 11.8 Å². The van der Waals surface area contributed by atoms with Gasteiger partial charge in [0.2, 0.25) is 0 Å². The molecule has 5 heteroatoms. The number of hydrogen-bond donors (Lipinski definition) is 1. The van der Waals surface area contributed by atoms with Gasteiger partial charge >= 0.3 is 0 Å². The summed E-state index contributed by atoms with van der Waals surface area (Å²) in [5.41, 5.74) is 0. The zero-order chi connectivity index (χ0) is 12.6. The van der Waals surface area contributed by atoms with Crippen molar-refractivity contribution < 1.29 is 13.2 Å². The zero-order valence-corrected chi connectivity index (χ0v) is 11.6. The van der Waals surface area contributed by atoms with Crippen LogP contribution in [-0.2, 0) is 14.6 Å². The summed E-state index contributed by atoms with van der Waals surface area (Å²) in [7, 11) is -1.26. The molecule has 2 atom stereocenters. The highest BCUT2D eigenvalue weighted by molar-refractivity contribution is 7.90. The third kappa shape index (κ3) is 8.07. The van der Waals surface area contributed by atoms with Crippen LogP contribution in [0.15, 0.2) is 0 Å². The van der Waals surface area contributed by atoms with Crippen molar-refractivity contribution in [2.24, 2.45) is 5.92 Å². The lowest BCUT2D eigenvalue weighted by molar-refractivity contribution is 0.172. The van der Waals surface area contributed by atoms with Crippen LogP contribution in [0.25, 0.3) is 0 Å². The van der Waals surface area contributed by atoms with Gasteiger partial charge in [0.05, 0.1) is 5.75 Å². The smallest absolute Gasteiger partial charge is 0.148 e. The van der Waals surface area contributed by atoms with E-state index >= 15 is 0 Å². The molecule has 0 amide bonds. The maximum atomic E-state index is 11.3. The molecule has 0 heterocycles. The maximum absolute atomic E-state index is 11.3. The van der Waals surface area contributed by atoms with E-state index in [0.717, 1.165) is 19.4 Å². The molecular weight excluding hydrogens is 226 g/mol. The molecule has 0 saturated carbocycles. The van der Waals surface area contributed by atoms with E-state index in [0.29, 0.717) is 12.5 Å². The van der Waals surface area contributed by atoms with Crippen molar-refractivity contribution in [2.75, 3.05) is 32.3 Å². The van der Waals surface area contributed by atoms with Crippen LogP contribution in [0.5, 0.6) is 0 Å². The SMILES string of the molecule is CCCNC(CS(C)(=O)=O)C(C)CCOC. The summed E-state index contributed by atoms with van der Waals surface area (Å²) in [6.07, 6.45) is 3.18. The van der Waals surface area contributed by atoms with Crippen molar-refractivity contribution in [3.8, 4) is 0 Å². The lowest BCUT2D eigenvalue weighted by atomic mass is 10.00. The molecule has 0 fully saturated rings. The molecule has 0 radical (unpaired) electrons. The molecule has 4 nitrogen and oxygen atoms in total. The first kappa shape index (κ1) is 15.9. The van der Waals surface area contributed by atoms with Crippen LogP contribution in [0.2, 0.25) is 0 Å². The summed E-state index contributed by atoms with van der Waals surface area (Å²) in [5.74, 6) is 0.513. The zero-order valence-electron chi connectivity index (χ0n) is 10.8. The number of sulfone groups is 1. The van der Waals surface area contributed by atoms with Gasteiger partial charge < -0.3 is 10.1 Å². The van der Waals surface area contributed by atoms with Crippen LogP contribution in [0.3, 0.4) is 0 Å². The minimum atomic E-state index is -2.93. The molecule has 0 spiro atoms. The second-order valence-corrected chi connectivity index (χ2v) is 6.60. The highest BCUT2D eigenvalue weighted by Crippen LogP contribution is 2.10. The number of hydrogen-bond acceptors (Lipinski definition) is 4. The first-order valence-electron chi connectivity index (χ1n) is 5.80. The number of rotatable bonds is 9. The van der Waals surface area contributed by atoms with Crippen LogP contribution < -0.4 is 5.32 Å². The third-order valence-electron chi connectivity index (χ3n) is 2.60. The largest absolute Gasteiger partial charge is 0.385 e. The van der Waals surface area contributed by atoms with Crippen LogP contribution >= 0.6 is 0 Å². The molecule has 0 aliphatic heterocycles. The molecule has 0 aliphatic carbocycles. The van der Waals surface area contributed by atoms with Gasteiger partial charge in [-0.25, -0.2) is 8.42 Å². The standard InChI is InChI=1S/C11H25NO3S/c1-5-7-12-11(9-16(4,13)14)10(2)6-8-15-3/h10-12H,5-9H2,1-4H3. The normalized spacial score (nSPS) is 16.0. The Balaban J connectivity index is 4.28. The average Bonchev–Trinajstić information content (AvgIpc) is 2.19. The molecule has 0 saturated heterocycles. The van der Waals surface area contributed by atoms with E-state index in [2.05, 4.69) is 19.2 Å². The number of nitrogens with one attached hydrogen (secondary N) is 1. The lowest BCUT2D eigenvalue weighted by Crippen LogP contribution is -2.41. The van der Waals surface area contributed by atoms with E-state index in [9.17, 15) is 8.42 Å². The molecule has 0 bridgehead atoms. The van der Waals surface area contributed by atoms with Crippen molar-refractivity contribution in [3.05, 3.63) is 0 Å². The summed E-state index contributed by atoms with van der Waals surface area (Å²) in [5, 5.41) is 3.30. The second kappa shape index (κ2) is 8.03. The highest BCUT2D eigenvalue weighted by Gasteiger charge is 2.20. The first-order valence-corrected chi connectivity index (χ1v) is 7.86. The second-order valence-electron chi connectivity index (χ2n) is 4.41. The fraction of sp³-hybridized carbons (Fsp3) is 1.00. The predicted molar refractivity (Wildman–Crippen MR) is 67.4 cm³/mol. The van der Waals surface area contributed by atoms with Crippen molar-refractivity contribution in [3.63, 3.8) is 0 Å². The highest BCUT2D eigenvalue weighted by atomic mass is 32.2. The molecule has 0 rings (SSSR count). The fourth-order valence-corrected chi connectivity index (χ4v) is 2.68. The summed E-state index contributed by atoms with van der Waals surface area (Å²) in [4.78, 5) is 0. The molecule has 0 aromatic rings. The summed E-state index contributed by atoms with van der Waals surface area (Å²) >= 11 is 0. The van der Waals surface area contributed by atoms with Gasteiger partial charge in [0.1, 0.15) is 9.84 Å². The Hall–Kier alpha value is -0.130. The van der Waals surface area contributed by atoms with Gasteiger partial charge in [-0.2, -0.15) is 0 Å². The topological polar surface area (TPSA) is 55.4 Å². The van der Waals surface area contributed by atoms with E-state index in [4.69, 9.17) is 4.74 Å². The Morgan fingerprint density at radius 1 is 1.38 bits per heavy atom. The average molecular weight is 251 g/mol. The van der Waals surface area contributed by atoms with Gasteiger partial charge in [0, 0.05) is 26.0 Å². The molecule has 16 heavy (non-hydrogen) atoms. The van der Waals surface area contributed by atoms with Crippen LogP contribution in [0.4, 0.5) is 0 Å². The first-order chi connectivity index (χ1) is 7.40. The van der Waals surface area contributed by atoms with Gasteiger partial charge in [-0.15, -0.1) is 0 Å². The molecule has 0 aliphatic rings. The summed E-state index contributed by atoms with van der Waals surface area (Å²) < 4.78 is 27.6. The Labute approximate surface area is 99.7 Å². The Morgan fingerprint density at radius 2 is 2.00 bits per heavy atom. The van der Waals surface area contributed by atoms with E-state index in [1.807, 2.05) is 0 Å². The Kier molecular flexibility index (Phi) is 7.97. The van der Waals surface area contributed by atoms with E-state index in [1.54, 1.807) is 7.11 Å². The van der Waals surface area contributed by atoms with Crippen molar-refractivity contribution in [1.82, 2.24) is 5.32 Å². The molecule has 0 aromatic carbocycles. The Morgan fingerprint density at radius 3 is 2.44 bits per heavy atom. The predicted octanol–water partition coefficient (Wildman–Crippen LogP) is 1.07.